The van der Waals surface area contributed by atoms with E-state index in [1.54, 1.807) is 19.1 Å². The third-order valence-corrected chi connectivity index (χ3v) is 8.98. The Morgan fingerprint density at radius 3 is 2.48 bits per heavy atom. The average molecular weight is 593 g/mol. The predicted octanol–water partition coefficient (Wildman–Crippen LogP) is 4.08. The van der Waals surface area contributed by atoms with Crippen LogP contribution in [0, 0.1) is 17.2 Å². The smallest absolute Gasteiger partial charge is 0.395 e. The highest BCUT2D eigenvalue weighted by Gasteiger charge is 2.58. The minimum atomic E-state index is -4.15. The largest absolute Gasteiger partial charge is 0.492 e. The maximum absolute atomic E-state index is 14.8. The monoisotopic (exact) mass is 592 g/mol. The third-order valence-electron chi connectivity index (χ3n) is 8.98. The van der Waals surface area contributed by atoms with Gasteiger partial charge in [-0.1, -0.05) is 12.5 Å². The summed E-state index contributed by atoms with van der Waals surface area (Å²) in [5.74, 6) is -1.56. The van der Waals surface area contributed by atoms with Crippen molar-refractivity contribution >= 4 is 11.8 Å². The highest BCUT2D eigenvalue weighted by atomic mass is 19.4. The minimum absolute atomic E-state index is 0.0851. The molecule has 2 saturated heterocycles. The van der Waals surface area contributed by atoms with Crippen LogP contribution in [0.3, 0.4) is 0 Å². The van der Waals surface area contributed by atoms with Gasteiger partial charge in [0.1, 0.15) is 11.6 Å². The van der Waals surface area contributed by atoms with Crippen molar-refractivity contribution in [3.8, 4) is 17.0 Å². The Morgan fingerprint density at radius 1 is 1.19 bits per heavy atom. The van der Waals surface area contributed by atoms with Gasteiger partial charge < -0.3 is 20.1 Å². The van der Waals surface area contributed by atoms with Gasteiger partial charge in [-0.2, -0.15) is 13.2 Å². The maximum atomic E-state index is 14.8. The summed E-state index contributed by atoms with van der Waals surface area (Å²) >= 11 is 0. The fourth-order valence-electron chi connectivity index (χ4n) is 6.02. The number of carbonyl (C=O) groups is 2. The lowest BCUT2D eigenvalue weighted by atomic mass is 9.67. The number of aliphatic hydroxyl groups excluding tert-OH is 1. The molecule has 3 N–H and O–H groups in total. The minimum Gasteiger partial charge on any atom is -0.492 e. The van der Waals surface area contributed by atoms with Gasteiger partial charge in [0.25, 0.3) is 5.91 Å². The molecular formula is C30H36F4N4O4. The van der Waals surface area contributed by atoms with Gasteiger partial charge in [-0.3, -0.25) is 19.9 Å². The van der Waals surface area contributed by atoms with Crippen LogP contribution in [0.15, 0.2) is 36.5 Å². The molecule has 2 amide bonds. The number of aromatic nitrogens is 1. The highest BCUT2D eigenvalue weighted by Crippen LogP contribution is 2.53. The summed E-state index contributed by atoms with van der Waals surface area (Å²) in [5, 5.41) is 14.8. The quantitative estimate of drug-likeness (QED) is 0.314. The van der Waals surface area contributed by atoms with E-state index < -0.39 is 40.9 Å². The van der Waals surface area contributed by atoms with Crippen LogP contribution in [0.4, 0.5) is 17.6 Å². The van der Waals surface area contributed by atoms with Crippen LogP contribution in [0.25, 0.3) is 11.3 Å². The van der Waals surface area contributed by atoms with Gasteiger partial charge in [0.2, 0.25) is 5.91 Å². The Balaban J connectivity index is 1.10. The molecular weight excluding hydrogens is 556 g/mol. The SMILES string of the molecule is C[C@@]1(C(=O)NC(=O)c2ccc(-c3ccc(OCC4CCN(CC5(C(F)(F)F)CCC5)CC4)cn3)cc2F)C[C@@H](O)CN1. The van der Waals surface area contributed by atoms with Crippen LogP contribution < -0.4 is 15.4 Å². The summed E-state index contributed by atoms with van der Waals surface area (Å²) in [6.45, 7) is 3.56. The first kappa shape index (κ1) is 30.4. The van der Waals surface area contributed by atoms with E-state index in [0.717, 1.165) is 12.8 Å². The Bertz CT molecular complexity index is 1290. The normalized spacial score (nSPS) is 24.7. The number of aliphatic hydroxyl groups is 1. The molecule has 0 unspecified atom stereocenters. The molecule has 0 bridgehead atoms. The molecule has 3 heterocycles. The topological polar surface area (TPSA) is 104 Å². The van der Waals surface area contributed by atoms with Gasteiger partial charge in [-0.25, -0.2) is 4.39 Å². The number of carbonyl (C=O) groups excluding carboxylic acids is 2. The maximum Gasteiger partial charge on any atom is 0.395 e. The zero-order chi connectivity index (χ0) is 30.1. The van der Waals surface area contributed by atoms with Gasteiger partial charge in [-0.15, -0.1) is 0 Å². The van der Waals surface area contributed by atoms with Gasteiger partial charge in [-0.05, 0) is 75.9 Å². The van der Waals surface area contributed by atoms with Crippen molar-refractivity contribution in [2.24, 2.45) is 11.3 Å². The van der Waals surface area contributed by atoms with Crippen LogP contribution in [0.5, 0.6) is 5.75 Å². The summed E-state index contributed by atoms with van der Waals surface area (Å²) in [6, 6.07) is 7.37. The zero-order valence-electron chi connectivity index (χ0n) is 23.5. The molecule has 228 valence electrons. The Hall–Kier alpha value is -3.09. The van der Waals surface area contributed by atoms with E-state index in [2.05, 4.69) is 15.6 Å². The number of likely N-dealkylation sites (tertiary alicyclic amines) is 1. The lowest BCUT2D eigenvalue weighted by molar-refractivity contribution is -0.256. The lowest BCUT2D eigenvalue weighted by Crippen LogP contribution is -2.53. The molecule has 2 aliphatic heterocycles. The number of pyridine rings is 1. The Kier molecular flexibility index (Phi) is 8.60. The molecule has 3 fully saturated rings. The summed E-state index contributed by atoms with van der Waals surface area (Å²) in [5.41, 5.74) is -2.04. The van der Waals surface area contributed by atoms with Crippen molar-refractivity contribution in [3.63, 3.8) is 0 Å². The molecule has 1 aromatic heterocycles. The fourth-order valence-corrected chi connectivity index (χ4v) is 6.02. The number of β-amino-alcohol motifs (C(OH)–C–C–N with tert-alkyl or cyclic N) is 1. The highest BCUT2D eigenvalue weighted by molar-refractivity contribution is 6.07. The summed E-state index contributed by atoms with van der Waals surface area (Å²) in [4.78, 5) is 31.3. The number of amides is 2. The van der Waals surface area contributed by atoms with E-state index in [1.807, 2.05) is 4.90 Å². The van der Waals surface area contributed by atoms with Crippen LogP contribution in [-0.4, -0.2) is 77.4 Å². The number of hydrogen-bond donors (Lipinski definition) is 3. The second-order valence-corrected chi connectivity index (χ2v) is 12.1. The number of imide groups is 1. The van der Waals surface area contributed by atoms with E-state index in [9.17, 15) is 32.3 Å². The number of nitrogens with zero attached hydrogens (tertiary/aromatic N) is 2. The fraction of sp³-hybridized carbons (Fsp3) is 0.567. The summed E-state index contributed by atoms with van der Waals surface area (Å²) in [7, 11) is 0. The van der Waals surface area contributed by atoms with Crippen molar-refractivity contribution in [1.29, 1.82) is 0 Å². The van der Waals surface area contributed by atoms with Gasteiger partial charge in [0, 0.05) is 25.1 Å². The van der Waals surface area contributed by atoms with E-state index in [4.69, 9.17) is 4.74 Å². The zero-order valence-corrected chi connectivity index (χ0v) is 23.5. The summed E-state index contributed by atoms with van der Waals surface area (Å²) < 4.78 is 61.2. The first-order valence-electron chi connectivity index (χ1n) is 14.3. The van der Waals surface area contributed by atoms with Crippen molar-refractivity contribution in [3.05, 3.63) is 47.9 Å². The number of benzene rings is 1. The molecule has 0 spiro atoms. The van der Waals surface area contributed by atoms with Crippen LogP contribution in [0.2, 0.25) is 0 Å². The second kappa shape index (κ2) is 11.9. The molecule has 1 aliphatic carbocycles. The average Bonchev–Trinajstić information content (AvgIpc) is 3.29. The molecule has 2 aromatic rings. The number of piperidine rings is 1. The Morgan fingerprint density at radius 2 is 1.93 bits per heavy atom. The molecule has 12 heteroatoms. The molecule has 5 rings (SSSR count). The van der Waals surface area contributed by atoms with E-state index >= 15 is 0 Å². The molecule has 2 atom stereocenters. The van der Waals surface area contributed by atoms with Gasteiger partial charge >= 0.3 is 6.18 Å². The van der Waals surface area contributed by atoms with Gasteiger partial charge in [0.15, 0.2) is 0 Å². The Labute approximate surface area is 241 Å². The van der Waals surface area contributed by atoms with Crippen LogP contribution >= 0.6 is 0 Å². The molecule has 42 heavy (non-hydrogen) atoms. The molecule has 1 aromatic carbocycles. The van der Waals surface area contributed by atoms with Gasteiger partial charge in [0.05, 0.1) is 41.1 Å². The standard InChI is InChI=1S/C30H36F4N4O4/c1-28(14-21(39)15-36-28)27(41)37-26(40)23-5-3-20(13-24(23)31)25-6-4-22(16-35-25)42-17-19-7-11-38(12-8-19)18-29(9-2-10-29)30(32,33)34/h3-6,13,16,19,21,36,39H,2,7-12,14-15,17-18H2,1H3,(H,37,40,41)/t21-,28+/m1/s1. The molecule has 3 aliphatic rings. The number of ether oxygens (including phenoxy) is 1. The van der Waals surface area contributed by atoms with E-state index in [1.165, 1.54) is 24.4 Å². The first-order chi connectivity index (χ1) is 19.9. The van der Waals surface area contributed by atoms with E-state index in [-0.39, 0.29) is 43.8 Å². The first-order valence-corrected chi connectivity index (χ1v) is 14.3. The van der Waals surface area contributed by atoms with Crippen molar-refractivity contribution < 1.29 is 37.0 Å². The van der Waals surface area contributed by atoms with Crippen molar-refractivity contribution in [1.82, 2.24) is 20.5 Å². The summed E-state index contributed by atoms with van der Waals surface area (Å²) in [6.07, 6.45) is -0.568. The number of nitrogens with one attached hydrogen (secondary N) is 2. The van der Waals surface area contributed by atoms with Crippen molar-refractivity contribution in [2.45, 2.75) is 63.3 Å². The number of halogens is 4. The predicted molar refractivity (Wildman–Crippen MR) is 146 cm³/mol. The molecule has 0 radical (unpaired) electrons. The van der Waals surface area contributed by atoms with Crippen LogP contribution in [0.1, 0.15) is 55.8 Å². The lowest BCUT2D eigenvalue weighted by Gasteiger charge is -2.47. The van der Waals surface area contributed by atoms with Crippen molar-refractivity contribution in [2.75, 3.05) is 32.8 Å². The van der Waals surface area contributed by atoms with Crippen LogP contribution in [-0.2, 0) is 4.79 Å². The second-order valence-electron chi connectivity index (χ2n) is 12.1. The number of alkyl halides is 3. The van der Waals surface area contributed by atoms with E-state index in [0.29, 0.717) is 43.1 Å². The number of rotatable bonds is 8. The molecule has 8 nitrogen and oxygen atoms in total. The third kappa shape index (κ3) is 6.45. The number of hydrogen-bond acceptors (Lipinski definition) is 7. The molecule has 1 saturated carbocycles.